The summed E-state index contributed by atoms with van der Waals surface area (Å²) in [4.78, 5) is 12.5. The summed E-state index contributed by atoms with van der Waals surface area (Å²) in [7, 11) is 1.72. The normalized spacial score (nSPS) is 11.0. The molecule has 3 rings (SSSR count). The summed E-state index contributed by atoms with van der Waals surface area (Å²) in [5, 5.41) is 17.2. The topological polar surface area (TPSA) is 72.7 Å². The number of halogens is 1. The SMILES string of the molecule is CC(C)c1nnc(NC(=O)c2cc(-c3cccc(Cl)c3)nn2C)s1. The number of rotatable bonds is 4. The van der Waals surface area contributed by atoms with Crippen molar-refractivity contribution in [1.29, 1.82) is 0 Å². The van der Waals surface area contributed by atoms with Crippen LogP contribution in [0.25, 0.3) is 11.3 Å². The van der Waals surface area contributed by atoms with Crippen LogP contribution in [0.4, 0.5) is 5.13 Å². The van der Waals surface area contributed by atoms with Crippen molar-refractivity contribution >= 4 is 34.0 Å². The van der Waals surface area contributed by atoms with Gasteiger partial charge in [-0.05, 0) is 18.2 Å². The molecule has 0 aliphatic rings. The first-order valence-corrected chi connectivity index (χ1v) is 8.58. The fourth-order valence-corrected chi connectivity index (χ4v) is 3.08. The number of anilines is 1. The van der Waals surface area contributed by atoms with Crippen LogP contribution in [0, 0.1) is 0 Å². The molecular formula is C16H16ClN5OS. The van der Waals surface area contributed by atoms with Gasteiger partial charge < -0.3 is 0 Å². The number of carbonyl (C=O) groups is 1. The van der Waals surface area contributed by atoms with E-state index in [1.807, 2.05) is 32.0 Å². The van der Waals surface area contributed by atoms with Gasteiger partial charge in [0.05, 0.1) is 5.69 Å². The average Bonchev–Trinajstić information content (AvgIpc) is 3.14. The van der Waals surface area contributed by atoms with Crippen molar-refractivity contribution in [3.8, 4) is 11.3 Å². The number of nitrogens with zero attached hydrogens (tertiary/aromatic N) is 4. The van der Waals surface area contributed by atoms with Crippen LogP contribution in [-0.4, -0.2) is 25.9 Å². The van der Waals surface area contributed by atoms with Gasteiger partial charge in [0.15, 0.2) is 0 Å². The molecule has 6 nitrogen and oxygen atoms in total. The number of benzene rings is 1. The number of amides is 1. The molecule has 0 bridgehead atoms. The molecule has 0 unspecified atom stereocenters. The molecule has 0 radical (unpaired) electrons. The summed E-state index contributed by atoms with van der Waals surface area (Å²) in [6.45, 7) is 4.06. The summed E-state index contributed by atoms with van der Waals surface area (Å²) in [5.41, 5.74) is 1.98. The van der Waals surface area contributed by atoms with Crippen molar-refractivity contribution in [3.63, 3.8) is 0 Å². The van der Waals surface area contributed by atoms with Gasteiger partial charge in [0.2, 0.25) is 5.13 Å². The van der Waals surface area contributed by atoms with E-state index in [1.54, 1.807) is 19.2 Å². The van der Waals surface area contributed by atoms with E-state index in [0.717, 1.165) is 10.6 Å². The van der Waals surface area contributed by atoms with E-state index in [-0.39, 0.29) is 11.8 Å². The number of hydrogen-bond acceptors (Lipinski definition) is 5. The monoisotopic (exact) mass is 361 g/mol. The molecule has 0 saturated heterocycles. The summed E-state index contributed by atoms with van der Waals surface area (Å²) >= 11 is 7.38. The molecule has 8 heteroatoms. The Morgan fingerprint density at radius 3 is 2.75 bits per heavy atom. The summed E-state index contributed by atoms with van der Waals surface area (Å²) in [6.07, 6.45) is 0. The van der Waals surface area contributed by atoms with E-state index in [1.165, 1.54) is 16.0 Å². The van der Waals surface area contributed by atoms with Crippen LogP contribution < -0.4 is 5.32 Å². The van der Waals surface area contributed by atoms with E-state index >= 15 is 0 Å². The number of carbonyl (C=O) groups excluding carboxylic acids is 1. The van der Waals surface area contributed by atoms with Gasteiger partial charge in [-0.15, -0.1) is 10.2 Å². The van der Waals surface area contributed by atoms with Crippen molar-refractivity contribution in [2.45, 2.75) is 19.8 Å². The van der Waals surface area contributed by atoms with Crippen LogP contribution in [0.5, 0.6) is 0 Å². The van der Waals surface area contributed by atoms with Gasteiger partial charge >= 0.3 is 0 Å². The second-order valence-electron chi connectivity index (χ2n) is 5.60. The van der Waals surface area contributed by atoms with E-state index in [0.29, 0.717) is 21.5 Å². The molecule has 0 aliphatic heterocycles. The Kier molecular flexibility index (Phi) is 4.64. The molecule has 124 valence electrons. The Labute approximate surface area is 148 Å². The van der Waals surface area contributed by atoms with Crippen molar-refractivity contribution in [3.05, 3.63) is 46.1 Å². The third-order valence-corrected chi connectivity index (χ3v) is 4.76. The highest BCUT2D eigenvalue weighted by atomic mass is 35.5. The van der Waals surface area contributed by atoms with Crippen molar-refractivity contribution in [1.82, 2.24) is 20.0 Å². The molecule has 2 aromatic heterocycles. The minimum absolute atomic E-state index is 0.273. The molecule has 0 aliphatic carbocycles. The zero-order valence-electron chi connectivity index (χ0n) is 13.4. The first-order valence-electron chi connectivity index (χ1n) is 7.39. The molecule has 1 amide bonds. The lowest BCUT2D eigenvalue weighted by atomic mass is 10.1. The smallest absolute Gasteiger partial charge is 0.275 e. The second kappa shape index (κ2) is 6.70. The molecule has 0 spiro atoms. The van der Waals surface area contributed by atoms with Gasteiger partial charge in [0.1, 0.15) is 10.7 Å². The number of aromatic nitrogens is 4. The lowest BCUT2D eigenvalue weighted by molar-refractivity contribution is 0.101. The third kappa shape index (κ3) is 3.47. The van der Waals surface area contributed by atoms with E-state index in [4.69, 9.17) is 11.6 Å². The van der Waals surface area contributed by atoms with Crippen LogP contribution in [0.15, 0.2) is 30.3 Å². The molecule has 0 saturated carbocycles. The Morgan fingerprint density at radius 1 is 1.29 bits per heavy atom. The van der Waals surface area contributed by atoms with Crippen LogP contribution in [-0.2, 0) is 7.05 Å². The quantitative estimate of drug-likeness (QED) is 0.763. The predicted octanol–water partition coefficient (Wildman–Crippen LogP) is 3.97. The minimum Gasteiger partial charge on any atom is -0.295 e. The minimum atomic E-state index is -0.273. The van der Waals surface area contributed by atoms with Crippen molar-refractivity contribution in [2.75, 3.05) is 5.32 Å². The molecule has 0 fully saturated rings. The van der Waals surface area contributed by atoms with E-state index in [9.17, 15) is 4.79 Å². The second-order valence-corrected chi connectivity index (χ2v) is 7.05. The highest BCUT2D eigenvalue weighted by molar-refractivity contribution is 7.15. The molecule has 1 aromatic carbocycles. The zero-order valence-corrected chi connectivity index (χ0v) is 15.0. The standard InChI is InChI=1S/C16H16ClN5OS/c1-9(2)15-19-20-16(24-15)18-14(23)13-8-12(21-22(13)3)10-5-4-6-11(17)7-10/h4-9H,1-3H3,(H,18,20,23). The first-order chi connectivity index (χ1) is 11.4. The highest BCUT2D eigenvalue weighted by Gasteiger charge is 2.17. The average molecular weight is 362 g/mol. The van der Waals surface area contributed by atoms with Gasteiger partial charge in [-0.2, -0.15) is 5.10 Å². The fourth-order valence-electron chi connectivity index (χ4n) is 2.15. The molecule has 24 heavy (non-hydrogen) atoms. The summed E-state index contributed by atoms with van der Waals surface area (Å²) in [5.74, 6) is 0.00372. The Hall–Kier alpha value is -2.25. The number of nitrogens with one attached hydrogen (secondary N) is 1. The lowest BCUT2D eigenvalue weighted by Gasteiger charge is -2.00. The van der Waals surface area contributed by atoms with Gasteiger partial charge in [-0.25, -0.2) is 0 Å². The summed E-state index contributed by atoms with van der Waals surface area (Å²) in [6, 6.07) is 9.08. The Morgan fingerprint density at radius 2 is 2.08 bits per heavy atom. The molecule has 3 aromatic rings. The molecular weight excluding hydrogens is 346 g/mol. The number of aryl methyl sites for hydroxylation is 1. The van der Waals surface area contributed by atoms with Crippen LogP contribution in [0.2, 0.25) is 5.02 Å². The van der Waals surface area contributed by atoms with Crippen LogP contribution in [0.1, 0.15) is 35.3 Å². The maximum Gasteiger partial charge on any atom is 0.275 e. The highest BCUT2D eigenvalue weighted by Crippen LogP contribution is 2.24. The predicted molar refractivity (Wildman–Crippen MR) is 95.6 cm³/mol. The Balaban J connectivity index is 1.82. The zero-order chi connectivity index (χ0) is 17.3. The summed E-state index contributed by atoms with van der Waals surface area (Å²) < 4.78 is 1.54. The van der Waals surface area contributed by atoms with E-state index < -0.39 is 0 Å². The molecule has 1 N–H and O–H groups in total. The molecule has 2 heterocycles. The van der Waals surface area contributed by atoms with Crippen molar-refractivity contribution in [2.24, 2.45) is 7.05 Å². The van der Waals surface area contributed by atoms with Crippen LogP contribution >= 0.6 is 22.9 Å². The third-order valence-electron chi connectivity index (χ3n) is 3.39. The van der Waals surface area contributed by atoms with Gasteiger partial charge in [-0.3, -0.25) is 14.8 Å². The van der Waals surface area contributed by atoms with Crippen LogP contribution in [0.3, 0.4) is 0 Å². The fraction of sp³-hybridized carbons (Fsp3) is 0.250. The lowest BCUT2D eigenvalue weighted by Crippen LogP contribution is -2.15. The number of hydrogen-bond donors (Lipinski definition) is 1. The van der Waals surface area contributed by atoms with Gasteiger partial charge in [-0.1, -0.05) is 48.9 Å². The largest absolute Gasteiger partial charge is 0.295 e. The van der Waals surface area contributed by atoms with E-state index in [2.05, 4.69) is 20.6 Å². The van der Waals surface area contributed by atoms with Crippen molar-refractivity contribution < 1.29 is 4.79 Å². The van der Waals surface area contributed by atoms with Gasteiger partial charge in [0.25, 0.3) is 5.91 Å². The first kappa shape index (κ1) is 16.6. The maximum atomic E-state index is 12.5. The molecule has 0 atom stereocenters. The Bertz CT molecular complexity index is 886. The van der Waals surface area contributed by atoms with Gasteiger partial charge in [0, 0.05) is 23.6 Å². The maximum absolute atomic E-state index is 12.5.